The van der Waals surface area contributed by atoms with Crippen LogP contribution in [0.3, 0.4) is 0 Å². The molecule has 0 aliphatic rings. The molecule has 16 heavy (non-hydrogen) atoms. The van der Waals surface area contributed by atoms with Crippen LogP contribution in [-0.2, 0) is 0 Å². The summed E-state index contributed by atoms with van der Waals surface area (Å²) in [5.41, 5.74) is 1.77. The topological polar surface area (TPSA) is 12.0 Å². The van der Waals surface area contributed by atoms with E-state index >= 15 is 0 Å². The van der Waals surface area contributed by atoms with Crippen LogP contribution < -0.4 is 5.32 Å². The second-order valence-electron chi connectivity index (χ2n) is 4.45. The van der Waals surface area contributed by atoms with Crippen molar-refractivity contribution in [2.75, 3.05) is 6.54 Å². The van der Waals surface area contributed by atoms with Gasteiger partial charge in [-0.25, -0.2) is 4.39 Å². The Hall–Kier alpha value is -0.890. The molecule has 1 aromatic carbocycles. The summed E-state index contributed by atoms with van der Waals surface area (Å²) < 4.78 is 13.9. The van der Waals surface area contributed by atoms with Crippen LogP contribution in [0.25, 0.3) is 0 Å². The number of benzene rings is 1. The summed E-state index contributed by atoms with van der Waals surface area (Å²) in [5.74, 6) is 0.350. The number of hydrogen-bond acceptors (Lipinski definition) is 1. The van der Waals surface area contributed by atoms with Gasteiger partial charge in [0.2, 0.25) is 0 Å². The van der Waals surface area contributed by atoms with E-state index in [1.54, 1.807) is 6.07 Å². The summed E-state index contributed by atoms with van der Waals surface area (Å²) in [5, 5.41) is 3.37. The molecule has 2 atom stereocenters. The van der Waals surface area contributed by atoms with Crippen LogP contribution in [0.5, 0.6) is 0 Å². The largest absolute Gasteiger partial charge is 0.310 e. The normalized spacial score (nSPS) is 14.8. The molecule has 0 fully saturated rings. The molecule has 1 rings (SSSR count). The first kappa shape index (κ1) is 13.2. The summed E-state index contributed by atoms with van der Waals surface area (Å²) in [4.78, 5) is 0. The lowest BCUT2D eigenvalue weighted by Crippen LogP contribution is -2.27. The zero-order valence-corrected chi connectivity index (χ0v) is 10.7. The van der Waals surface area contributed by atoms with Gasteiger partial charge in [-0.2, -0.15) is 0 Å². The second kappa shape index (κ2) is 6.00. The summed E-state index contributed by atoms with van der Waals surface area (Å²) in [7, 11) is 0. The van der Waals surface area contributed by atoms with Crippen LogP contribution >= 0.6 is 0 Å². The lowest BCUT2D eigenvalue weighted by atomic mass is 9.91. The van der Waals surface area contributed by atoms with E-state index in [0.717, 1.165) is 24.1 Å². The Morgan fingerprint density at radius 1 is 1.31 bits per heavy atom. The Labute approximate surface area is 98.1 Å². The number of aryl methyl sites for hydroxylation is 1. The zero-order valence-electron chi connectivity index (χ0n) is 10.7. The van der Waals surface area contributed by atoms with Crippen LogP contribution in [0.15, 0.2) is 18.2 Å². The molecule has 1 nitrogen and oxygen atoms in total. The van der Waals surface area contributed by atoms with Gasteiger partial charge in [0.05, 0.1) is 0 Å². The van der Waals surface area contributed by atoms with Crippen LogP contribution in [-0.4, -0.2) is 6.54 Å². The summed E-state index contributed by atoms with van der Waals surface area (Å²) in [6.07, 6.45) is 1.05. The van der Waals surface area contributed by atoms with Gasteiger partial charge in [-0.1, -0.05) is 39.3 Å². The van der Waals surface area contributed by atoms with Gasteiger partial charge in [-0.3, -0.25) is 0 Å². The first-order valence-electron chi connectivity index (χ1n) is 6.09. The molecule has 0 amide bonds. The minimum absolute atomic E-state index is 0.0914. The fourth-order valence-electron chi connectivity index (χ4n) is 1.96. The van der Waals surface area contributed by atoms with E-state index in [-0.39, 0.29) is 11.9 Å². The molecule has 0 radical (unpaired) electrons. The Bertz CT molecular complexity index is 336. The zero-order chi connectivity index (χ0) is 12.1. The number of rotatable bonds is 5. The van der Waals surface area contributed by atoms with Gasteiger partial charge in [0, 0.05) is 11.6 Å². The Morgan fingerprint density at radius 2 is 2.00 bits per heavy atom. The lowest BCUT2D eigenvalue weighted by Gasteiger charge is -2.25. The van der Waals surface area contributed by atoms with Crippen LogP contribution in [0.2, 0.25) is 0 Å². The van der Waals surface area contributed by atoms with Crippen molar-refractivity contribution < 1.29 is 4.39 Å². The summed E-state index contributed by atoms with van der Waals surface area (Å²) in [6, 6.07) is 5.62. The molecule has 2 unspecified atom stereocenters. The number of nitrogens with one attached hydrogen (secondary N) is 1. The first-order valence-corrected chi connectivity index (χ1v) is 6.09. The molecule has 2 heteroatoms. The average molecular weight is 223 g/mol. The predicted molar refractivity (Wildman–Crippen MR) is 67.0 cm³/mol. The van der Waals surface area contributed by atoms with E-state index in [2.05, 4.69) is 26.1 Å². The predicted octanol–water partition coefficient (Wildman–Crippen LogP) is 3.83. The van der Waals surface area contributed by atoms with E-state index in [0.29, 0.717) is 5.92 Å². The molecule has 1 N–H and O–H groups in total. The van der Waals surface area contributed by atoms with E-state index < -0.39 is 0 Å². The maximum atomic E-state index is 13.9. The fourth-order valence-corrected chi connectivity index (χ4v) is 1.96. The van der Waals surface area contributed by atoms with Crippen molar-refractivity contribution >= 4 is 0 Å². The van der Waals surface area contributed by atoms with Gasteiger partial charge >= 0.3 is 0 Å². The van der Waals surface area contributed by atoms with Gasteiger partial charge in [-0.05, 0) is 31.0 Å². The first-order chi connectivity index (χ1) is 7.60. The molecule has 90 valence electrons. The monoisotopic (exact) mass is 223 g/mol. The van der Waals surface area contributed by atoms with Crippen LogP contribution in [0.1, 0.15) is 44.4 Å². The lowest BCUT2D eigenvalue weighted by molar-refractivity contribution is 0.372. The molecule has 0 spiro atoms. The maximum absolute atomic E-state index is 13.9. The van der Waals surface area contributed by atoms with E-state index in [1.165, 1.54) is 0 Å². The molecule has 0 aliphatic carbocycles. The van der Waals surface area contributed by atoms with E-state index in [4.69, 9.17) is 0 Å². The molecule has 0 heterocycles. The van der Waals surface area contributed by atoms with E-state index in [1.807, 2.05) is 19.1 Å². The Balaban J connectivity index is 3.00. The van der Waals surface area contributed by atoms with Crippen molar-refractivity contribution in [2.45, 2.75) is 40.2 Å². The maximum Gasteiger partial charge on any atom is 0.128 e. The number of halogens is 1. The molecular weight excluding hydrogens is 201 g/mol. The molecule has 0 saturated heterocycles. The van der Waals surface area contributed by atoms with Crippen molar-refractivity contribution in [1.29, 1.82) is 0 Å². The van der Waals surface area contributed by atoms with Crippen LogP contribution in [0.4, 0.5) is 4.39 Å². The third-order valence-electron chi connectivity index (χ3n) is 3.13. The van der Waals surface area contributed by atoms with Gasteiger partial charge in [-0.15, -0.1) is 0 Å². The molecule has 0 saturated carbocycles. The third kappa shape index (κ3) is 3.05. The second-order valence-corrected chi connectivity index (χ2v) is 4.45. The van der Waals surface area contributed by atoms with Crippen molar-refractivity contribution in [2.24, 2.45) is 5.92 Å². The molecule has 0 aromatic heterocycles. The Kier molecular flexibility index (Phi) is 4.94. The van der Waals surface area contributed by atoms with Crippen molar-refractivity contribution in [1.82, 2.24) is 5.32 Å². The summed E-state index contributed by atoms with van der Waals surface area (Å²) >= 11 is 0. The highest BCUT2D eigenvalue weighted by Gasteiger charge is 2.19. The van der Waals surface area contributed by atoms with Crippen molar-refractivity contribution in [3.8, 4) is 0 Å². The van der Waals surface area contributed by atoms with Crippen molar-refractivity contribution in [3.63, 3.8) is 0 Å². The molecule has 0 bridgehead atoms. The highest BCUT2D eigenvalue weighted by Crippen LogP contribution is 2.26. The molecule has 1 aromatic rings. The highest BCUT2D eigenvalue weighted by atomic mass is 19.1. The Morgan fingerprint density at radius 3 is 2.50 bits per heavy atom. The fraction of sp³-hybridized carbons (Fsp3) is 0.571. The van der Waals surface area contributed by atoms with Gasteiger partial charge in [0.15, 0.2) is 0 Å². The minimum Gasteiger partial charge on any atom is -0.310 e. The van der Waals surface area contributed by atoms with Crippen molar-refractivity contribution in [3.05, 3.63) is 35.1 Å². The summed E-state index contributed by atoms with van der Waals surface area (Å²) in [6.45, 7) is 9.13. The van der Waals surface area contributed by atoms with Gasteiger partial charge in [0.1, 0.15) is 5.82 Å². The smallest absolute Gasteiger partial charge is 0.128 e. The van der Waals surface area contributed by atoms with Gasteiger partial charge in [0.25, 0.3) is 0 Å². The third-order valence-corrected chi connectivity index (χ3v) is 3.13. The highest BCUT2D eigenvalue weighted by molar-refractivity contribution is 5.26. The SMILES string of the molecule is CCNC(c1ccc(C)cc1F)C(C)CC. The number of hydrogen-bond donors (Lipinski definition) is 1. The quantitative estimate of drug-likeness (QED) is 0.800. The van der Waals surface area contributed by atoms with E-state index in [9.17, 15) is 4.39 Å². The minimum atomic E-state index is -0.0914. The van der Waals surface area contributed by atoms with Gasteiger partial charge < -0.3 is 5.32 Å². The average Bonchev–Trinajstić information content (AvgIpc) is 2.26. The molecule has 0 aliphatic heterocycles. The standard InChI is InChI=1S/C14H22FN/c1-5-11(4)14(16-6-2)12-8-7-10(3)9-13(12)15/h7-9,11,14,16H,5-6H2,1-4H3. The molecular formula is C14H22FN. The van der Waals surface area contributed by atoms with Crippen LogP contribution in [0, 0.1) is 18.7 Å².